The van der Waals surface area contributed by atoms with E-state index in [9.17, 15) is 9.59 Å². The fourth-order valence-corrected chi connectivity index (χ4v) is 4.35. The van der Waals surface area contributed by atoms with Gasteiger partial charge in [-0.05, 0) is 72.4 Å². The summed E-state index contributed by atoms with van der Waals surface area (Å²) in [6.45, 7) is 10.5. The SMILES string of the molecule is C/C(=C/c1ccc(CCCC(N)=O)cc1)c1ccc2c(c1)C(C)(C)C(=O)CC2(C)C. The quantitative estimate of drug-likeness (QED) is 0.640. The largest absolute Gasteiger partial charge is 0.370 e. The Morgan fingerprint density at radius 2 is 1.70 bits per heavy atom. The van der Waals surface area contributed by atoms with E-state index in [1.165, 1.54) is 16.7 Å². The highest BCUT2D eigenvalue weighted by Gasteiger charge is 2.43. The number of aryl methyl sites for hydroxylation is 1. The van der Waals surface area contributed by atoms with Crippen LogP contribution in [-0.4, -0.2) is 11.7 Å². The maximum atomic E-state index is 12.8. The molecule has 0 aromatic heterocycles. The standard InChI is InChI=1S/C27H33NO2/c1-18(15-20-11-9-19(10-12-20)7-6-8-25(28)30)21-13-14-22-23(16-21)27(4,5)24(29)17-26(22,2)3/h9-16H,6-8,17H2,1-5H3,(H2,28,30)/b18-15-. The number of carbonyl (C=O) groups is 2. The zero-order valence-corrected chi connectivity index (χ0v) is 18.8. The van der Waals surface area contributed by atoms with Crippen molar-refractivity contribution in [3.63, 3.8) is 0 Å². The molecular formula is C27H33NO2. The second kappa shape index (κ2) is 8.22. The molecule has 0 heterocycles. The number of hydrogen-bond donors (Lipinski definition) is 1. The Bertz CT molecular complexity index is 994. The van der Waals surface area contributed by atoms with Crippen LogP contribution in [0.1, 0.15) is 81.7 Å². The van der Waals surface area contributed by atoms with Gasteiger partial charge in [0.1, 0.15) is 5.78 Å². The number of primary amides is 1. The van der Waals surface area contributed by atoms with E-state index in [1.54, 1.807) is 0 Å². The smallest absolute Gasteiger partial charge is 0.217 e. The van der Waals surface area contributed by atoms with Crippen LogP contribution in [0.25, 0.3) is 11.6 Å². The van der Waals surface area contributed by atoms with Crippen LogP contribution in [0.3, 0.4) is 0 Å². The van der Waals surface area contributed by atoms with E-state index in [0.717, 1.165) is 29.5 Å². The van der Waals surface area contributed by atoms with Gasteiger partial charge in [0.2, 0.25) is 5.91 Å². The van der Waals surface area contributed by atoms with E-state index in [4.69, 9.17) is 5.73 Å². The highest BCUT2D eigenvalue weighted by Crippen LogP contribution is 2.44. The lowest BCUT2D eigenvalue weighted by Gasteiger charge is -2.40. The summed E-state index contributed by atoms with van der Waals surface area (Å²) in [7, 11) is 0. The molecule has 0 unspecified atom stereocenters. The number of rotatable bonds is 6. The molecule has 30 heavy (non-hydrogen) atoms. The predicted octanol–water partition coefficient (Wildman–Crippen LogP) is 5.58. The summed E-state index contributed by atoms with van der Waals surface area (Å²) >= 11 is 0. The van der Waals surface area contributed by atoms with Crippen LogP contribution in [0.4, 0.5) is 0 Å². The van der Waals surface area contributed by atoms with Gasteiger partial charge in [-0.15, -0.1) is 0 Å². The summed E-state index contributed by atoms with van der Waals surface area (Å²) in [5.41, 5.74) is 11.7. The molecule has 3 nitrogen and oxygen atoms in total. The molecule has 0 bridgehead atoms. The number of fused-ring (bicyclic) bond motifs is 1. The highest BCUT2D eigenvalue weighted by molar-refractivity contribution is 5.93. The summed E-state index contributed by atoms with van der Waals surface area (Å²) < 4.78 is 0. The lowest BCUT2D eigenvalue weighted by molar-refractivity contribution is -0.125. The molecule has 1 amide bonds. The first kappa shape index (κ1) is 22.0. The van der Waals surface area contributed by atoms with Crippen molar-refractivity contribution in [3.8, 4) is 0 Å². The van der Waals surface area contributed by atoms with Crippen molar-refractivity contribution in [1.29, 1.82) is 0 Å². The van der Waals surface area contributed by atoms with Gasteiger partial charge in [0, 0.05) is 18.3 Å². The van der Waals surface area contributed by atoms with E-state index in [2.05, 4.69) is 69.3 Å². The molecule has 0 fully saturated rings. The normalized spacial score (nSPS) is 17.5. The van der Waals surface area contributed by atoms with E-state index in [1.807, 2.05) is 13.8 Å². The topological polar surface area (TPSA) is 60.2 Å². The van der Waals surface area contributed by atoms with Crippen molar-refractivity contribution < 1.29 is 9.59 Å². The van der Waals surface area contributed by atoms with Crippen molar-refractivity contribution >= 4 is 23.3 Å². The van der Waals surface area contributed by atoms with Crippen molar-refractivity contribution in [2.45, 2.75) is 71.1 Å². The van der Waals surface area contributed by atoms with Gasteiger partial charge < -0.3 is 5.73 Å². The van der Waals surface area contributed by atoms with Crippen LogP contribution in [0, 0.1) is 0 Å². The zero-order chi connectivity index (χ0) is 22.1. The number of ketones is 1. The summed E-state index contributed by atoms with van der Waals surface area (Å²) in [6, 6.07) is 15.0. The molecule has 0 radical (unpaired) electrons. The third-order valence-corrected chi connectivity index (χ3v) is 6.43. The first-order chi connectivity index (χ1) is 14.0. The molecule has 2 aromatic rings. The molecule has 2 N–H and O–H groups in total. The van der Waals surface area contributed by atoms with Gasteiger partial charge in [0.15, 0.2) is 0 Å². The number of allylic oxidation sites excluding steroid dienone is 1. The van der Waals surface area contributed by atoms with Crippen molar-refractivity contribution in [3.05, 3.63) is 70.3 Å². The monoisotopic (exact) mass is 403 g/mol. The third-order valence-electron chi connectivity index (χ3n) is 6.43. The van der Waals surface area contributed by atoms with E-state index in [-0.39, 0.29) is 11.3 Å². The molecule has 0 saturated carbocycles. The van der Waals surface area contributed by atoms with Crippen LogP contribution >= 0.6 is 0 Å². The zero-order valence-electron chi connectivity index (χ0n) is 18.8. The second-order valence-electron chi connectivity index (χ2n) is 9.76. The van der Waals surface area contributed by atoms with Gasteiger partial charge in [-0.1, -0.05) is 62.4 Å². The Hall–Kier alpha value is -2.68. The average molecular weight is 404 g/mol. The summed E-state index contributed by atoms with van der Waals surface area (Å²) in [5, 5.41) is 0. The molecule has 1 aliphatic carbocycles. The van der Waals surface area contributed by atoms with Gasteiger partial charge in [-0.2, -0.15) is 0 Å². The van der Waals surface area contributed by atoms with E-state index < -0.39 is 5.41 Å². The van der Waals surface area contributed by atoms with Crippen LogP contribution < -0.4 is 5.73 Å². The fourth-order valence-electron chi connectivity index (χ4n) is 4.35. The van der Waals surface area contributed by atoms with Gasteiger partial charge in [0.25, 0.3) is 0 Å². The van der Waals surface area contributed by atoms with E-state index in [0.29, 0.717) is 18.6 Å². The number of carbonyl (C=O) groups excluding carboxylic acids is 2. The first-order valence-electron chi connectivity index (χ1n) is 10.7. The minimum absolute atomic E-state index is 0.123. The molecule has 1 aliphatic rings. The lowest BCUT2D eigenvalue weighted by Crippen LogP contribution is -2.42. The summed E-state index contributed by atoms with van der Waals surface area (Å²) in [5.74, 6) is 0.0641. The molecule has 158 valence electrons. The Balaban J connectivity index is 1.84. The maximum Gasteiger partial charge on any atom is 0.217 e. The van der Waals surface area contributed by atoms with Crippen LogP contribution in [0.15, 0.2) is 42.5 Å². The second-order valence-corrected chi connectivity index (χ2v) is 9.76. The molecule has 3 heteroatoms. The molecule has 2 aromatic carbocycles. The predicted molar refractivity (Wildman–Crippen MR) is 124 cm³/mol. The Morgan fingerprint density at radius 3 is 2.33 bits per heavy atom. The number of amides is 1. The van der Waals surface area contributed by atoms with Crippen LogP contribution in [0.2, 0.25) is 0 Å². The molecular weight excluding hydrogens is 370 g/mol. The minimum atomic E-state index is -0.451. The van der Waals surface area contributed by atoms with E-state index >= 15 is 0 Å². The molecule has 0 atom stereocenters. The van der Waals surface area contributed by atoms with Crippen molar-refractivity contribution in [2.75, 3.05) is 0 Å². The summed E-state index contributed by atoms with van der Waals surface area (Å²) in [6.07, 6.45) is 4.83. The lowest BCUT2D eigenvalue weighted by atomic mass is 9.62. The maximum absolute atomic E-state index is 12.8. The van der Waals surface area contributed by atoms with Crippen molar-refractivity contribution in [1.82, 2.24) is 0 Å². The fraction of sp³-hybridized carbons (Fsp3) is 0.407. The Labute approximate surface area is 180 Å². The molecule has 3 rings (SSSR count). The van der Waals surface area contributed by atoms with Gasteiger partial charge in [0.05, 0.1) is 0 Å². The van der Waals surface area contributed by atoms with Crippen LogP contribution in [0.5, 0.6) is 0 Å². The van der Waals surface area contributed by atoms with Gasteiger partial charge >= 0.3 is 0 Å². The van der Waals surface area contributed by atoms with Crippen LogP contribution in [-0.2, 0) is 26.8 Å². The Kier molecular flexibility index (Phi) is 6.03. The number of Topliss-reactive ketones (excluding diaryl/α,β-unsaturated/α-hetero) is 1. The first-order valence-corrected chi connectivity index (χ1v) is 10.7. The molecule has 0 spiro atoms. The summed E-state index contributed by atoms with van der Waals surface area (Å²) in [4.78, 5) is 23.6. The number of nitrogens with two attached hydrogens (primary N) is 1. The van der Waals surface area contributed by atoms with Crippen molar-refractivity contribution in [2.24, 2.45) is 5.73 Å². The van der Waals surface area contributed by atoms with Gasteiger partial charge in [-0.3, -0.25) is 9.59 Å². The average Bonchev–Trinajstić information content (AvgIpc) is 2.67. The third kappa shape index (κ3) is 4.56. The minimum Gasteiger partial charge on any atom is -0.370 e. The number of benzene rings is 2. The highest BCUT2D eigenvalue weighted by atomic mass is 16.1. The molecule has 0 aliphatic heterocycles. The number of hydrogen-bond acceptors (Lipinski definition) is 2. The molecule has 0 saturated heterocycles. The Morgan fingerprint density at radius 1 is 1.03 bits per heavy atom. The van der Waals surface area contributed by atoms with Gasteiger partial charge in [-0.25, -0.2) is 0 Å².